The van der Waals surface area contributed by atoms with E-state index in [0.29, 0.717) is 0 Å². The maximum absolute atomic E-state index is 7.04. The van der Waals surface area contributed by atoms with Crippen LogP contribution in [-0.4, -0.2) is 0 Å². The first-order chi connectivity index (χ1) is 27.3. The number of hydrogen-bond donors (Lipinski definition) is 0. The van der Waals surface area contributed by atoms with Crippen molar-refractivity contribution in [2.45, 2.75) is 0 Å². The third-order valence-electron chi connectivity index (χ3n) is 10.9. The molecule has 3 heteroatoms. The Morgan fingerprint density at radius 3 is 1.55 bits per heavy atom. The average molecular weight is 704 g/mol. The van der Waals surface area contributed by atoms with E-state index < -0.39 is 0 Å². The summed E-state index contributed by atoms with van der Waals surface area (Å²) in [6.45, 7) is 0. The van der Waals surface area contributed by atoms with Gasteiger partial charge >= 0.3 is 0 Å². The van der Waals surface area contributed by atoms with E-state index in [1.807, 2.05) is 0 Å². The Kier molecular flexibility index (Phi) is 7.17. The smallest absolute Gasteiger partial charge is 0.159 e. The van der Waals surface area contributed by atoms with Crippen LogP contribution in [0.1, 0.15) is 0 Å². The van der Waals surface area contributed by atoms with Crippen molar-refractivity contribution >= 4 is 71.7 Å². The topological polar surface area (TPSA) is 29.5 Å². The van der Waals surface area contributed by atoms with Gasteiger partial charge < -0.3 is 13.7 Å². The first kappa shape index (κ1) is 31.2. The Hall–Kier alpha value is -7.36. The van der Waals surface area contributed by atoms with Gasteiger partial charge in [-0.05, 0) is 93.4 Å². The van der Waals surface area contributed by atoms with Crippen LogP contribution in [0.5, 0.6) is 0 Å². The number of fused-ring (bicyclic) bond motifs is 9. The maximum Gasteiger partial charge on any atom is 0.159 e. The summed E-state index contributed by atoms with van der Waals surface area (Å²) < 4.78 is 13.6. The van der Waals surface area contributed by atoms with Gasteiger partial charge in [0.2, 0.25) is 0 Å². The van der Waals surface area contributed by atoms with Crippen molar-refractivity contribution in [1.82, 2.24) is 0 Å². The van der Waals surface area contributed by atoms with Gasteiger partial charge in [0.15, 0.2) is 5.58 Å². The fourth-order valence-electron chi connectivity index (χ4n) is 8.18. The van der Waals surface area contributed by atoms with Gasteiger partial charge in [-0.15, -0.1) is 0 Å². The Balaban J connectivity index is 1.08. The van der Waals surface area contributed by atoms with Gasteiger partial charge in [-0.3, -0.25) is 0 Å². The van der Waals surface area contributed by atoms with Gasteiger partial charge in [0.1, 0.15) is 16.7 Å². The fraction of sp³-hybridized carbons (Fsp3) is 0. The summed E-state index contributed by atoms with van der Waals surface area (Å²) in [6, 6.07) is 70.8. The van der Waals surface area contributed by atoms with E-state index in [2.05, 4.69) is 205 Å². The Labute approximate surface area is 317 Å². The molecule has 3 nitrogen and oxygen atoms in total. The minimum atomic E-state index is 0.819. The molecule has 11 rings (SSSR count). The standard InChI is InChI=1S/C52H33NO2/c1-3-11-34(12-4-1)36-21-26-41(27-22-36)53(42-28-23-37(24-29-42)40-17-9-16-39(33-40)35-13-5-2-6-14-35)47-20-10-19-44-45-31-32-48-49(52(45)55-51(44)47)46-30-25-38-15-7-8-18-43(38)50(46)54-48/h1-33H. The molecule has 258 valence electrons. The van der Waals surface area contributed by atoms with Gasteiger partial charge in [0.25, 0.3) is 0 Å². The molecule has 0 fully saturated rings. The normalized spacial score (nSPS) is 11.6. The molecule has 0 N–H and O–H groups in total. The van der Waals surface area contributed by atoms with E-state index in [1.54, 1.807) is 0 Å². The highest BCUT2D eigenvalue weighted by Crippen LogP contribution is 2.46. The monoisotopic (exact) mass is 703 g/mol. The van der Waals surface area contributed by atoms with Crippen molar-refractivity contribution in [2.24, 2.45) is 0 Å². The molecule has 55 heavy (non-hydrogen) atoms. The number of furan rings is 2. The Bertz CT molecular complexity index is 3180. The summed E-state index contributed by atoms with van der Waals surface area (Å²) in [5.41, 5.74) is 13.5. The lowest BCUT2D eigenvalue weighted by Crippen LogP contribution is -2.10. The van der Waals surface area contributed by atoms with Crippen molar-refractivity contribution < 1.29 is 8.83 Å². The summed E-state index contributed by atoms with van der Waals surface area (Å²) in [7, 11) is 0. The Morgan fingerprint density at radius 2 is 0.836 bits per heavy atom. The van der Waals surface area contributed by atoms with Crippen LogP contribution in [-0.2, 0) is 0 Å². The van der Waals surface area contributed by atoms with Crippen LogP contribution in [0.2, 0.25) is 0 Å². The molecule has 0 atom stereocenters. The van der Waals surface area contributed by atoms with Crippen LogP contribution in [0, 0.1) is 0 Å². The number of anilines is 3. The van der Waals surface area contributed by atoms with Gasteiger partial charge in [-0.25, -0.2) is 0 Å². The summed E-state index contributed by atoms with van der Waals surface area (Å²) in [6.07, 6.45) is 0. The zero-order valence-electron chi connectivity index (χ0n) is 29.8. The third kappa shape index (κ3) is 5.20. The first-order valence-corrected chi connectivity index (χ1v) is 18.7. The lowest BCUT2D eigenvalue weighted by atomic mass is 9.99. The molecule has 0 aliphatic heterocycles. The van der Waals surface area contributed by atoms with Crippen molar-refractivity contribution in [2.75, 3.05) is 4.90 Å². The van der Waals surface area contributed by atoms with Crippen molar-refractivity contribution in [3.05, 3.63) is 200 Å². The number of benzene rings is 9. The van der Waals surface area contributed by atoms with Gasteiger partial charge in [0.05, 0.1) is 11.1 Å². The SMILES string of the molecule is c1ccc(-c2ccc(N(c3ccc(-c4cccc(-c5ccccc5)c4)cc3)c3cccc4c3oc3c4ccc4oc5c6ccccc6ccc5c43)cc2)cc1. The molecule has 9 aromatic carbocycles. The zero-order chi connectivity index (χ0) is 36.3. The second-order valence-electron chi connectivity index (χ2n) is 14.1. The molecule has 0 aliphatic carbocycles. The summed E-state index contributed by atoms with van der Waals surface area (Å²) >= 11 is 0. The average Bonchev–Trinajstić information content (AvgIpc) is 3.84. The van der Waals surface area contributed by atoms with Crippen molar-refractivity contribution in [3.8, 4) is 33.4 Å². The van der Waals surface area contributed by atoms with E-state index in [4.69, 9.17) is 8.83 Å². The molecule has 11 aromatic rings. The second-order valence-corrected chi connectivity index (χ2v) is 14.1. The number of rotatable bonds is 6. The minimum Gasteiger partial charge on any atom is -0.455 e. The summed E-state index contributed by atoms with van der Waals surface area (Å²) in [5, 5.41) is 6.43. The van der Waals surface area contributed by atoms with Crippen molar-refractivity contribution in [3.63, 3.8) is 0 Å². The van der Waals surface area contributed by atoms with Gasteiger partial charge in [-0.1, -0.05) is 146 Å². The molecule has 0 spiro atoms. The van der Waals surface area contributed by atoms with E-state index in [0.717, 1.165) is 77.3 Å². The maximum atomic E-state index is 7.04. The van der Waals surface area contributed by atoms with Crippen LogP contribution in [0.4, 0.5) is 17.1 Å². The summed E-state index contributed by atoms with van der Waals surface area (Å²) in [4.78, 5) is 2.31. The molecule has 0 amide bonds. The van der Waals surface area contributed by atoms with Crippen LogP contribution >= 0.6 is 0 Å². The van der Waals surface area contributed by atoms with Gasteiger partial charge in [0, 0.05) is 32.9 Å². The molecule has 0 unspecified atom stereocenters. The predicted molar refractivity (Wildman–Crippen MR) is 229 cm³/mol. The molecule has 0 bridgehead atoms. The van der Waals surface area contributed by atoms with Crippen LogP contribution in [0.15, 0.2) is 209 Å². The number of para-hydroxylation sites is 1. The lowest BCUT2D eigenvalue weighted by Gasteiger charge is -2.26. The highest BCUT2D eigenvalue weighted by atomic mass is 16.3. The van der Waals surface area contributed by atoms with E-state index in [9.17, 15) is 0 Å². The highest BCUT2D eigenvalue weighted by molar-refractivity contribution is 6.25. The molecule has 2 aromatic heterocycles. The number of nitrogens with zero attached hydrogens (tertiary/aromatic N) is 1. The second kappa shape index (κ2) is 12.6. The molecular weight excluding hydrogens is 671 g/mol. The van der Waals surface area contributed by atoms with Gasteiger partial charge in [-0.2, -0.15) is 0 Å². The van der Waals surface area contributed by atoms with E-state index in [1.165, 1.54) is 27.8 Å². The fourth-order valence-corrected chi connectivity index (χ4v) is 8.18. The summed E-state index contributed by atoms with van der Waals surface area (Å²) in [5.74, 6) is 0. The molecule has 0 saturated heterocycles. The van der Waals surface area contributed by atoms with Crippen LogP contribution < -0.4 is 4.90 Å². The molecule has 0 saturated carbocycles. The quantitative estimate of drug-likeness (QED) is 0.173. The first-order valence-electron chi connectivity index (χ1n) is 18.7. The van der Waals surface area contributed by atoms with Crippen LogP contribution in [0.25, 0.3) is 88.0 Å². The lowest BCUT2D eigenvalue weighted by molar-refractivity contribution is 0.665. The molecule has 0 radical (unpaired) electrons. The Morgan fingerprint density at radius 1 is 0.309 bits per heavy atom. The van der Waals surface area contributed by atoms with Crippen LogP contribution in [0.3, 0.4) is 0 Å². The zero-order valence-corrected chi connectivity index (χ0v) is 29.8. The third-order valence-corrected chi connectivity index (χ3v) is 10.9. The highest BCUT2D eigenvalue weighted by Gasteiger charge is 2.22. The van der Waals surface area contributed by atoms with E-state index in [-0.39, 0.29) is 0 Å². The van der Waals surface area contributed by atoms with Crippen molar-refractivity contribution in [1.29, 1.82) is 0 Å². The molecule has 2 heterocycles. The molecular formula is C52H33NO2. The number of hydrogen-bond acceptors (Lipinski definition) is 3. The molecule has 0 aliphatic rings. The van der Waals surface area contributed by atoms with E-state index >= 15 is 0 Å². The minimum absolute atomic E-state index is 0.819. The predicted octanol–water partition coefficient (Wildman–Crippen LogP) is 15.1. The largest absolute Gasteiger partial charge is 0.455 e.